The van der Waals surface area contributed by atoms with Crippen LogP contribution in [0.4, 0.5) is 4.79 Å². The van der Waals surface area contributed by atoms with Crippen molar-refractivity contribution < 1.29 is 19.0 Å². The summed E-state index contributed by atoms with van der Waals surface area (Å²) in [6.07, 6.45) is 3.02. The topological polar surface area (TPSA) is 74.1 Å². The molecule has 146 valence electrons. The van der Waals surface area contributed by atoms with Gasteiger partial charge in [-0.05, 0) is 37.3 Å². The minimum Gasteiger partial charge on any atom is -0.497 e. The van der Waals surface area contributed by atoms with Gasteiger partial charge in [0.15, 0.2) is 0 Å². The van der Waals surface area contributed by atoms with E-state index >= 15 is 0 Å². The van der Waals surface area contributed by atoms with Crippen LogP contribution in [-0.4, -0.2) is 37.2 Å². The maximum absolute atomic E-state index is 11.3. The second kappa shape index (κ2) is 9.45. The summed E-state index contributed by atoms with van der Waals surface area (Å²) in [5, 5.41) is 5.00. The van der Waals surface area contributed by atoms with E-state index in [1.54, 1.807) is 20.2 Å². The van der Waals surface area contributed by atoms with E-state index in [1.165, 1.54) is 0 Å². The van der Waals surface area contributed by atoms with Crippen LogP contribution in [0.5, 0.6) is 11.5 Å². The van der Waals surface area contributed by atoms with Gasteiger partial charge in [0.05, 0.1) is 26.5 Å². The van der Waals surface area contributed by atoms with E-state index in [0.29, 0.717) is 19.8 Å². The molecule has 0 radical (unpaired) electrons. The van der Waals surface area contributed by atoms with E-state index < -0.39 is 6.09 Å². The number of hydrogen-bond donors (Lipinski definition) is 1. The van der Waals surface area contributed by atoms with E-state index in [-0.39, 0.29) is 0 Å². The van der Waals surface area contributed by atoms with E-state index in [4.69, 9.17) is 14.2 Å². The predicted octanol–water partition coefficient (Wildman–Crippen LogP) is 3.81. The van der Waals surface area contributed by atoms with E-state index in [1.807, 2.05) is 54.7 Å². The van der Waals surface area contributed by atoms with Gasteiger partial charge in [0.25, 0.3) is 0 Å². The minimum absolute atomic E-state index is 0.300. The fourth-order valence-electron chi connectivity index (χ4n) is 2.81. The Kier molecular flexibility index (Phi) is 6.51. The number of hydrogen-bond acceptors (Lipinski definition) is 5. The van der Waals surface area contributed by atoms with Gasteiger partial charge in [-0.25, -0.2) is 10.2 Å². The second-order valence-corrected chi connectivity index (χ2v) is 5.91. The fourth-order valence-corrected chi connectivity index (χ4v) is 2.81. The summed E-state index contributed by atoms with van der Waals surface area (Å²) >= 11 is 0. The molecule has 7 heteroatoms. The van der Waals surface area contributed by atoms with Crippen LogP contribution in [0.15, 0.2) is 59.8 Å². The van der Waals surface area contributed by atoms with Crippen molar-refractivity contribution in [3.63, 3.8) is 0 Å². The number of nitrogens with one attached hydrogen (secondary N) is 1. The molecule has 0 saturated carbocycles. The highest BCUT2D eigenvalue weighted by atomic mass is 16.5. The van der Waals surface area contributed by atoms with Gasteiger partial charge in [-0.15, -0.1) is 0 Å². The van der Waals surface area contributed by atoms with Crippen molar-refractivity contribution in [2.24, 2.45) is 5.10 Å². The molecule has 1 amide bonds. The lowest BCUT2D eigenvalue weighted by Crippen LogP contribution is -2.18. The summed E-state index contributed by atoms with van der Waals surface area (Å²) in [5.74, 6) is 1.58. The highest BCUT2D eigenvalue weighted by Crippen LogP contribution is 2.21. The first-order valence-electron chi connectivity index (χ1n) is 9.02. The third-order valence-corrected chi connectivity index (χ3v) is 4.11. The summed E-state index contributed by atoms with van der Waals surface area (Å²) in [4.78, 5) is 11.3. The Hall–Kier alpha value is -3.48. The lowest BCUT2D eigenvalue weighted by molar-refractivity contribution is 0.152. The molecule has 0 saturated heterocycles. The average Bonchev–Trinajstić information content (AvgIpc) is 3.07. The van der Waals surface area contributed by atoms with Crippen LogP contribution in [0, 0.1) is 0 Å². The molecular formula is C21H23N3O4. The van der Waals surface area contributed by atoms with Gasteiger partial charge in [0, 0.05) is 22.7 Å². The SMILES string of the molecule is CCOC(=O)N/N=C\c1cn(CCOc2ccc(OC)cc2)c2ccccc12. The van der Waals surface area contributed by atoms with Gasteiger partial charge in [-0.2, -0.15) is 5.10 Å². The molecule has 3 rings (SSSR count). The third kappa shape index (κ3) is 4.82. The predicted molar refractivity (Wildman–Crippen MR) is 108 cm³/mol. The van der Waals surface area contributed by atoms with Crippen LogP contribution in [0.1, 0.15) is 12.5 Å². The van der Waals surface area contributed by atoms with Gasteiger partial charge in [0.1, 0.15) is 18.1 Å². The smallest absolute Gasteiger partial charge is 0.427 e. The standard InChI is InChI=1S/C21H23N3O4/c1-3-27-21(25)23-22-14-16-15-24(20-7-5-4-6-19(16)20)12-13-28-18-10-8-17(26-2)9-11-18/h4-11,14-15H,3,12-13H2,1-2H3,(H,23,25)/b22-14-. The van der Waals surface area contributed by atoms with Gasteiger partial charge in [-0.1, -0.05) is 18.2 Å². The molecule has 0 atom stereocenters. The van der Waals surface area contributed by atoms with Gasteiger partial charge in [0.2, 0.25) is 0 Å². The number of hydrazone groups is 1. The molecule has 1 N–H and O–H groups in total. The third-order valence-electron chi connectivity index (χ3n) is 4.11. The zero-order chi connectivity index (χ0) is 19.8. The molecule has 1 aromatic heterocycles. The Morgan fingerprint density at radius 1 is 1.14 bits per heavy atom. The zero-order valence-corrected chi connectivity index (χ0v) is 15.9. The van der Waals surface area contributed by atoms with E-state index in [2.05, 4.69) is 15.1 Å². The Morgan fingerprint density at radius 2 is 1.89 bits per heavy atom. The van der Waals surface area contributed by atoms with Crippen LogP contribution in [-0.2, 0) is 11.3 Å². The van der Waals surface area contributed by atoms with Crippen LogP contribution >= 0.6 is 0 Å². The van der Waals surface area contributed by atoms with Gasteiger partial charge < -0.3 is 18.8 Å². The quantitative estimate of drug-likeness (QED) is 0.476. The molecular weight excluding hydrogens is 358 g/mol. The number of para-hydroxylation sites is 1. The number of rotatable bonds is 8. The first-order chi connectivity index (χ1) is 13.7. The number of aromatic nitrogens is 1. The van der Waals surface area contributed by atoms with Crippen LogP contribution in [0.3, 0.4) is 0 Å². The van der Waals surface area contributed by atoms with E-state index in [9.17, 15) is 4.79 Å². The molecule has 0 bridgehead atoms. The maximum Gasteiger partial charge on any atom is 0.427 e. The molecule has 2 aromatic carbocycles. The Morgan fingerprint density at radius 3 is 2.64 bits per heavy atom. The number of nitrogens with zero attached hydrogens (tertiary/aromatic N) is 2. The second-order valence-electron chi connectivity index (χ2n) is 5.91. The number of benzene rings is 2. The van der Waals surface area contributed by atoms with Crippen LogP contribution in [0.25, 0.3) is 10.9 Å². The van der Waals surface area contributed by atoms with Crippen molar-refractivity contribution in [2.45, 2.75) is 13.5 Å². The number of methoxy groups -OCH3 is 1. The number of fused-ring (bicyclic) bond motifs is 1. The van der Waals surface area contributed by atoms with Crippen molar-refractivity contribution >= 4 is 23.2 Å². The summed E-state index contributed by atoms with van der Waals surface area (Å²) in [6, 6.07) is 15.5. The number of carbonyl (C=O) groups is 1. The molecule has 0 unspecified atom stereocenters. The molecule has 0 fully saturated rings. The monoisotopic (exact) mass is 381 g/mol. The fraction of sp³-hybridized carbons (Fsp3) is 0.238. The van der Waals surface area contributed by atoms with Crippen molar-refractivity contribution in [1.82, 2.24) is 9.99 Å². The van der Waals surface area contributed by atoms with Gasteiger partial charge >= 0.3 is 6.09 Å². The number of carbonyl (C=O) groups excluding carboxylic acids is 1. The Balaban J connectivity index is 1.67. The normalized spacial score (nSPS) is 10.9. The molecule has 28 heavy (non-hydrogen) atoms. The lowest BCUT2D eigenvalue weighted by Gasteiger charge is -2.09. The van der Waals surface area contributed by atoms with Gasteiger partial charge in [-0.3, -0.25) is 0 Å². The Labute approximate surface area is 163 Å². The molecule has 0 aliphatic heterocycles. The maximum atomic E-state index is 11.3. The molecule has 3 aromatic rings. The highest BCUT2D eigenvalue weighted by Gasteiger charge is 2.07. The summed E-state index contributed by atoms with van der Waals surface area (Å²) in [7, 11) is 1.64. The molecule has 1 heterocycles. The Bertz CT molecular complexity index is 948. The summed E-state index contributed by atoms with van der Waals surface area (Å²) in [5.41, 5.74) is 4.31. The number of amides is 1. The van der Waals surface area contributed by atoms with Crippen molar-refractivity contribution in [1.29, 1.82) is 0 Å². The highest BCUT2D eigenvalue weighted by molar-refractivity contribution is 5.99. The number of ether oxygens (including phenoxy) is 3. The molecule has 0 spiro atoms. The van der Waals surface area contributed by atoms with E-state index in [0.717, 1.165) is 28.0 Å². The van der Waals surface area contributed by atoms with Crippen LogP contribution in [0.2, 0.25) is 0 Å². The van der Waals surface area contributed by atoms with Crippen LogP contribution < -0.4 is 14.9 Å². The van der Waals surface area contributed by atoms with Crippen molar-refractivity contribution in [2.75, 3.05) is 20.3 Å². The molecule has 0 aliphatic rings. The first kappa shape index (κ1) is 19.3. The first-order valence-corrected chi connectivity index (χ1v) is 9.02. The van der Waals surface area contributed by atoms with Crippen molar-refractivity contribution in [3.05, 3.63) is 60.3 Å². The average molecular weight is 381 g/mol. The zero-order valence-electron chi connectivity index (χ0n) is 15.9. The summed E-state index contributed by atoms with van der Waals surface area (Å²) in [6.45, 7) is 3.23. The lowest BCUT2D eigenvalue weighted by atomic mass is 10.2. The molecule has 0 aliphatic carbocycles. The summed E-state index contributed by atoms with van der Waals surface area (Å²) < 4.78 is 17.9. The largest absolute Gasteiger partial charge is 0.497 e. The van der Waals surface area contributed by atoms with Crippen molar-refractivity contribution in [3.8, 4) is 11.5 Å². The molecule has 7 nitrogen and oxygen atoms in total. The minimum atomic E-state index is -0.574.